The van der Waals surface area contributed by atoms with Crippen molar-refractivity contribution in [2.24, 2.45) is 0 Å². The summed E-state index contributed by atoms with van der Waals surface area (Å²) in [5, 5.41) is 7.72. The summed E-state index contributed by atoms with van der Waals surface area (Å²) in [5.41, 5.74) is 4.83. The second-order valence-electron chi connectivity index (χ2n) is 5.91. The lowest BCUT2D eigenvalue weighted by atomic mass is 10.1. The van der Waals surface area contributed by atoms with Gasteiger partial charge in [0.15, 0.2) is 0 Å². The molecule has 0 N–H and O–H groups in total. The lowest BCUT2D eigenvalue weighted by molar-refractivity contribution is 0.0887. The van der Waals surface area contributed by atoms with Gasteiger partial charge < -0.3 is 4.74 Å². The molecule has 116 valence electrons. The average Bonchev–Trinajstić information content (AvgIpc) is 3.11. The van der Waals surface area contributed by atoms with Gasteiger partial charge in [-0.1, -0.05) is 29.8 Å². The molecule has 2 heterocycles. The first-order valence-corrected chi connectivity index (χ1v) is 7.66. The van der Waals surface area contributed by atoms with E-state index in [1.54, 1.807) is 12.7 Å². The van der Waals surface area contributed by atoms with E-state index in [0.29, 0.717) is 6.73 Å². The monoisotopic (exact) mass is 306 g/mol. The molecular formula is C18H18N4O. The van der Waals surface area contributed by atoms with Gasteiger partial charge in [0, 0.05) is 24.3 Å². The van der Waals surface area contributed by atoms with Crippen molar-refractivity contribution in [1.29, 1.82) is 0 Å². The van der Waals surface area contributed by atoms with Crippen LogP contribution in [0.1, 0.15) is 16.7 Å². The van der Waals surface area contributed by atoms with Crippen LogP contribution in [0.4, 0.5) is 0 Å². The second-order valence-corrected chi connectivity index (χ2v) is 5.91. The average molecular weight is 306 g/mol. The molecule has 0 saturated heterocycles. The zero-order valence-electron chi connectivity index (χ0n) is 13.0. The fraction of sp³-hybridized carbons (Fsp3) is 0.222. The highest BCUT2D eigenvalue weighted by Crippen LogP contribution is 2.28. The lowest BCUT2D eigenvalue weighted by Crippen LogP contribution is -2.31. The molecule has 0 spiro atoms. The summed E-state index contributed by atoms with van der Waals surface area (Å²) in [6.45, 7) is 4.49. The minimum absolute atomic E-state index is 0.618. The highest BCUT2D eigenvalue weighted by molar-refractivity contribution is 5.44. The predicted octanol–water partition coefficient (Wildman–Crippen LogP) is 2.93. The van der Waals surface area contributed by atoms with E-state index in [1.807, 2.05) is 16.7 Å². The third-order valence-corrected chi connectivity index (χ3v) is 4.08. The van der Waals surface area contributed by atoms with Gasteiger partial charge in [0.1, 0.15) is 25.1 Å². The van der Waals surface area contributed by atoms with Crippen LogP contribution < -0.4 is 4.74 Å². The maximum atomic E-state index is 5.89. The molecular weight excluding hydrogens is 288 g/mol. The van der Waals surface area contributed by atoms with Gasteiger partial charge in [-0.2, -0.15) is 0 Å². The molecule has 0 atom stereocenters. The standard InChI is InChI=1S/C18H18N4O/c1-14-2-4-15(5-3-14)9-21-10-16-8-17(22-11-19-20-12-22)6-7-18(16)23-13-21/h2-8,11-12H,9-10,13H2,1H3. The normalized spacial score (nSPS) is 14.3. The second kappa shape index (κ2) is 5.85. The summed E-state index contributed by atoms with van der Waals surface area (Å²) in [7, 11) is 0. The Morgan fingerprint density at radius 1 is 1.04 bits per heavy atom. The first kappa shape index (κ1) is 14.0. The zero-order chi connectivity index (χ0) is 15.6. The number of aryl methyl sites for hydroxylation is 1. The number of fused-ring (bicyclic) bond motifs is 1. The smallest absolute Gasteiger partial charge is 0.142 e. The molecule has 0 bridgehead atoms. The molecule has 5 heteroatoms. The quantitative estimate of drug-likeness (QED) is 0.746. The zero-order valence-corrected chi connectivity index (χ0v) is 13.0. The van der Waals surface area contributed by atoms with Crippen molar-refractivity contribution in [3.05, 3.63) is 71.8 Å². The molecule has 0 amide bonds. The largest absolute Gasteiger partial charge is 0.478 e. The van der Waals surface area contributed by atoms with E-state index in [1.165, 1.54) is 16.7 Å². The summed E-state index contributed by atoms with van der Waals surface area (Å²) in [6.07, 6.45) is 3.41. The lowest BCUT2D eigenvalue weighted by Gasteiger charge is -2.29. The topological polar surface area (TPSA) is 43.2 Å². The number of benzene rings is 2. The van der Waals surface area contributed by atoms with Gasteiger partial charge in [-0.25, -0.2) is 0 Å². The van der Waals surface area contributed by atoms with Gasteiger partial charge >= 0.3 is 0 Å². The number of hydrogen-bond donors (Lipinski definition) is 0. The molecule has 1 aliphatic heterocycles. The summed E-state index contributed by atoms with van der Waals surface area (Å²) < 4.78 is 7.79. The van der Waals surface area contributed by atoms with Crippen LogP contribution in [0.5, 0.6) is 5.75 Å². The molecule has 4 rings (SSSR count). The van der Waals surface area contributed by atoms with E-state index >= 15 is 0 Å². The minimum Gasteiger partial charge on any atom is -0.478 e. The Balaban J connectivity index is 1.53. The van der Waals surface area contributed by atoms with Crippen molar-refractivity contribution >= 4 is 0 Å². The highest BCUT2D eigenvalue weighted by Gasteiger charge is 2.18. The van der Waals surface area contributed by atoms with Crippen LogP contribution in [0.3, 0.4) is 0 Å². The number of rotatable bonds is 3. The van der Waals surface area contributed by atoms with E-state index in [9.17, 15) is 0 Å². The Kier molecular flexibility index (Phi) is 3.55. The Morgan fingerprint density at radius 3 is 2.61 bits per heavy atom. The Bertz CT molecular complexity index is 796. The van der Waals surface area contributed by atoms with Crippen LogP contribution >= 0.6 is 0 Å². The van der Waals surface area contributed by atoms with E-state index < -0.39 is 0 Å². The SMILES string of the molecule is Cc1ccc(CN2COc3ccc(-n4cnnc4)cc3C2)cc1. The van der Waals surface area contributed by atoms with Crippen LogP contribution in [-0.4, -0.2) is 26.4 Å². The predicted molar refractivity (Wildman–Crippen MR) is 87.3 cm³/mol. The van der Waals surface area contributed by atoms with Crippen LogP contribution in [0, 0.1) is 6.92 Å². The summed E-state index contributed by atoms with van der Waals surface area (Å²) in [6, 6.07) is 14.8. The van der Waals surface area contributed by atoms with E-state index in [-0.39, 0.29) is 0 Å². The first-order chi connectivity index (χ1) is 11.3. The van der Waals surface area contributed by atoms with Gasteiger partial charge in [-0.3, -0.25) is 9.47 Å². The molecule has 1 aromatic heterocycles. The molecule has 0 saturated carbocycles. The first-order valence-electron chi connectivity index (χ1n) is 7.66. The van der Waals surface area contributed by atoms with Crippen LogP contribution in [0.15, 0.2) is 55.1 Å². The molecule has 23 heavy (non-hydrogen) atoms. The Morgan fingerprint density at radius 2 is 1.83 bits per heavy atom. The van der Waals surface area contributed by atoms with Crippen LogP contribution in [0.25, 0.3) is 5.69 Å². The van der Waals surface area contributed by atoms with E-state index in [0.717, 1.165) is 24.5 Å². The minimum atomic E-state index is 0.618. The fourth-order valence-corrected chi connectivity index (χ4v) is 2.83. The van der Waals surface area contributed by atoms with Gasteiger partial charge in [0.2, 0.25) is 0 Å². The van der Waals surface area contributed by atoms with Gasteiger partial charge in [-0.05, 0) is 30.7 Å². The fourth-order valence-electron chi connectivity index (χ4n) is 2.83. The molecule has 5 nitrogen and oxygen atoms in total. The van der Waals surface area contributed by atoms with Crippen molar-refractivity contribution in [1.82, 2.24) is 19.7 Å². The van der Waals surface area contributed by atoms with Crippen molar-refractivity contribution in [3.8, 4) is 11.4 Å². The number of ether oxygens (including phenoxy) is 1. The number of hydrogen-bond acceptors (Lipinski definition) is 4. The number of nitrogens with zero attached hydrogens (tertiary/aromatic N) is 4. The third-order valence-electron chi connectivity index (χ3n) is 4.08. The summed E-state index contributed by atoms with van der Waals surface area (Å²) in [4.78, 5) is 2.29. The third kappa shape index (κ3) is 2.96. The molecule has 0 radical (unpaired) electrons. The van der Waals surface area contributed by atoms with Crippen molar-refractivity contribution < 1.29 is 4.74 Å². The van der Waals surface area contributed by atoms with Crippen LogP contribution in [-0.2, 0) is 13.1 Å². The van der Waals surface area contributed by atoms with Gasteiger partial charge in [0.05, 0.1) is 0 Å². The molecule has 0 aliphatic carbocycles. The summed E-state index contributed by atoms with van der Waals surface area (Å²) in [5.74, 6) is 0.960. The van der Waals surface area contributed by atoms with Crippen LogP contribution in [0.2, 0.25) is 0 Å². The highest BCUT2D eigenvalue weighted by atomic mass is 16.5. The molecule has 0 unspecified atom stereocenters. The van der Waals surface area contributed by atoms with Gasteiger partial charge in [-0.15, -0.1) is 10.2 Å². The number of aromatic nitrogens is 3. The Labute approximate surface area is 135 Å². The molecule has 2 aromatic carbocycles. The van der Waals surface area contributed by atoms with Crippen molar-refractivity contribution in [2.45, 2.75) is 20.0 Å². The van der Waals surface area contributed by atoms with E-state index in [2.05, 4.69) is 52.4 Å². The summed E-state index contributed by atoms with van der Waals surface area (Å²) >= 11 is 0. The van der Waals surface area contributed by atoms with E-state index in [4.69, 9.17) is 4.74 Å². The molecule has 3 aromatic rings. The maximum absolute atomic E-state index is 5.89. The molecule has 1 aliphatic rings. The molecule has 0 fully saturated rings. The van der Waals surface area contributed by atoms with Crippen molar-refractivity contribution in [3.63, 3.8) is 0 Å². The maximum Gasteiger partial charge on any atom is 0.142 e. The van der Waals surface area contributed by atoms with Crippen molar-refractivity contribution in [2.75, 3.05) is 6.73 Å². The Hall–Kier alpha value is -2.66. The van der Waals surface area contributed by atoms with Gasteiger partial charge in [0.25, 0.3) is 0 Å².